The van der Waals surface area contributed by atoms with Gasteiger partial charge in [0.2, 0.25) is 0 Å². The standard InChI is InChI=1S/C16H31N3/c1-2-17-14-6-7-15(12-14)19-11-8-16(13-19)18-9-4-3-5-10-18/h14-17H,2-13H2,1H3. The summed E-state index contributed by atoms with van der Waals surface area (Å²) in [5, 5.41) is 3.64. The lowest BCUT2D eigenvalue weighted by Gasteiger charge is -2.33. The average molecular weight is 265 g/mol. The van der Waals surface area contributed by atoms with Crippen molar-refractivity contribution in [2.75, 3.05) is 32.7 Å². The van der Waals surface area contributed by atoms with Crippen LogP contribution in [0.3, 0.4) is 0 Å². The molecule has 3 unspecified atom stereocenters. The lowest BCUT2D eigenvalue weighted by Crippen LogP contribution is -2.42. The first-order valence-electron chi connectivity index (χ1n) is 8.58. The molecule has 0 aromatic heterocycles. The second-order valence-corrected chi connectivity index (χ2v) is 6.76. The van der Waals surface area contributed by atoms with E-state index in [9.17, 15) is 0 Å². The van der Waals surface area contributed by atoms with Crippen LogP contribution in [0.1, 0.15) is 51.9 Å². The average Bonchev–Trinajstić information content (AvgIpc) is 3.08. The largest absolute Gasteiger partial charge is 0.314 e. The topological polar surface area (TPSA) is 18.5 Å². The Morgan fingerprint density at radius 3 is 2.53 bits per heavy atom. The van der Waals surface area contributed by atoms with E-state index in [4.69, 9.17) is 0 Å². The summed E-state index contributed by atoms with van der Waals surface area (Å²) in [5.41, 5.74) is 0. The zero-order valence-electron chi connectivity index (χ0n) is 12.6. The van der Waals surface area contributed by atoms with Gasteiger partial charge in [-0.3, -0.25) is 9.80 Å². The number of piperidine rings is 1. The molecule has 0 amide bonds. The van der Waals surface area contributed by atoms with Crippen molar-refractivity contribution in [3.05, 3.63) is 0 Å². The summed E-state index contributed by atoms with van der Waals surface area (Å²) in [7, 11) is 0. The van der Waals surface area contributed by atoms with Crippen molar-refractivity contribution in [3.63, 3.8) is 0 Å². The third-order valence-electron chi connectivity index (χ3n) is 5.52. The summed E-state index contributed by atoms with van der Waals surface area (Å²) in [5.74, 6) is 0. The van der Waals surface area contributed by atoms with Crippen LogP contribution in [0.25, 0.3) is 0 Å². The van der Waals surface area contributed by atoms with E-state index in [1.807, 2.05) is 0 Å². The molecule has 3 aliphatic rings. The van der Waals surface area contributed by atoms with Crippen molar-refractivity contribution in [3.8, 4) is 0 Å². The molecule has 3 nitrogen and oxygen atoms in total. The Balaban J connectivity index is 1.46. The Morgan fingerprint density at radius 1 is 0.895 bits per heavy atom. The Bertz CT molecular complexity index is 275. The van der Waals surface area contributed by atoms with Gasteiger partial charge in [0.15, 0.2) is 0 Å². The van der Waals surface area contributed by atoms with Crippen LogP contribution < -0.4 is 5.32 Å². The molecule has 2 aliphatic heterocycles. The summed E-state index contributed by atoms with van der Waals surface area (Å²) >= 11 is 0. The van der Waals surface area contributed by atoms with Gasteiger partial charge in [0.1, 0.15) is 0 Å². The third kappa shape index (κ3) is 3.32. The lowest BCUT2D eigenvalue weighted by molar-refractivity contribution is 0.152. The van der Waals surface area contributed by atoms with Crippen molar-refractivity contribution in [2.45, 2.75) is 70.0 Å². The van der Waals surface area contributed by atoms with Crippen LogP contribution in [-0.4, -0.2) is 60.6 Å². The van der Waals surface area contributed by atoms with Gasteiger partial charge in [-0.1, -0.05) is 13.3 Å². The summed E-state index contributed by atoms with van der Waals surface area (Å²) in [4.78, 5) is 5.58. The molecule has 0 aromatic carbocycles. The Labute approximate surface area is 118 Å². The Kier molecular flexibility index (Phi) is 4.78. The molecule has 1 saturated carbocycles. The Hall–Kier alpha value is -0.120. The van der Waals surface area contributed by atoms with E-state index in [0.29, 0.717) is 0 Å². The van der Waals surface area contributed by atoms with E-state index >= 15 is 0 Å². The first-order valence-corrected chi connectivity index (χ1v) is 8.58. The summed E-state index contributed by atoms with van der Waals surface area (Å²) in [6.45, 7) is 8.80. The quantitative estimate of drug-likeness (QED) is 0.839. The van der Waals surface area contributed by atoms with Crippen molar-refractivity contribution in [1.82, 2.24) is 15.1 Å². The highest BCUT2D eigenvalue weighted by molar-refractivity contribution is 4.93. The van der Waals surface area contributed by atoms with Gasteiger partial charge < -0.3 is 5.32 Å². The molecule has 1 N–H and O–H groups in total. The molecule has 2 heterocycles. The number of rotatable bonds is 4. The van der Waals surface area contributed by atoms with Crippen LogP contribution in [0.4, 0.5) is 0 Å². The van der Waals surface area contributed by atoms with Gasteiger partial charge >= 0.3 is 0 Å². The van der Waals surface area contributed by atoms with Crippen molar-refractivity contribution in [1.29, 1.82) is 0 Å². The predicted octanol–water partition coefficient (Wildman–Crippen LogP) is 2.08. The van der Waals surface area contributed by atoms with E-state index in [0.717, 1.165) is 24.7 Å². The van der Waals surface area contributed by atoms with Crippen LogP contribution in [0.5, 0.6) is 0 Å². The second-order valence-electron chi connectivity index (χ2n) is 6.76. The lowest BCUT2D eigenvalue weighted by atomic mass is 10.1. The maximum Gasteiger partial charge on any atom is 0.0235 e. The van der Waals surface area contributed by atoms with Crippen LogP contribution >= 0.6 is 0 Å². The molecular weight excluding hydrogens is 234 g/mol. The zero-order chi connectivity index (χ0) is 13.1. The van der Waals surface area contributed by atoms with Crippen molar-refractivity contribution < 1.29 is 0 Å². The molecule has 2 saturated heterocycles. The first-order chi connectivity index (χ1) is 9.36. The highest BCUT2D eigenvalue weighted by Crippen LogP contribution is 2.29. The minimum absolute atomic E-state index is 0.795. The number of hydrogen-bond donors (Lipinski definition) is 1. The van der Waals surface area contributed by atoms with E-state index in [1.54, 1.807) is 0 Å². The van der Waals surface area contributed by atoms with Crippen molar-refractivity contribution in [2.24, 2.45) is 0 Å². The van der Waals surface area contributed by atoms with Crippen LogP contribution in [0.15, 0.2) is 0 Å². The van der Waals surface area contributed by atoms with Gasteiger partial charge in [0, 0.05) is 31.2 Å². The van der Waals surface area contributed by atoms with Gasteiger partial charge in [-0.25, -0.2) is 0 Å². The minimum atomic E-state index is 0.795. The number of nitrogens with zero attached hydrogens (tertiary/aromatic N) is 2. The highest BCUT2D eigenvalue weighted by Gasteiger charge is 2.35. The van der Waals surface area contributed by atoms with Crippen LogP contribution in [-0.2, 0) is 0 Å². The van der Waals surface area contributed by atoms with Crippen LogP contribution in [0, 0.1) is 0 Å². The molecule has 3 heteroatoms. The van der Waals surface area contributed by atoms with E-state index in [-0.39, 0.29) is 0 Å². The normalized spacial score (nSPS) is 38.1. The van der Waals surface area contributed by atoms with E-state index in [1.165, 1.54) is 71.1 Å². The van der Waals surface area contributed by atoms with Gasteiger partial charge in [-0.15, -0.1) is 0 Å². The van der Waals surface area contributed by atoms with Gasteiger partial charge in [0.05, 0.1) is 0 Å². The summed E-state index contributed by atoms with van der Waals surface area (Å²) < 4.78 is 0. The second kappa shape index (κ2) is 6.55. The molecule has 3 atom stereocenters. The number of likely N-dealkylation sites (tertiary alicyclic amines) is 2. The molecule has 3 fully saturated rings. The SMILES string of the molecule is CCNC1CCC(N2CCC(N3CCCCC3)C2)C1. The predicted molar refractivity (Wildman–Crippen MR) is 80.5 cm³/mol. The number of nitrogens with one attached hydrogen (secondary N) is 1. The Morgan fingerprint density at radius 2 is 1.74 bits per heavy atom. The molecule has 19 heavy (non-hydrogen) atoms. The molecule has 0 spiro atoms. The van der Waals surface area contributed by atoms with Gasteiger partial charge in [-0.05, 0) is 58.2 Å². The van der Waals surface area contributed by atoms with Crippen LogP contribution in [0.2, 0.25) is 0 Å². The smallest absolute Gasteiger partial charge is 0.0235 e. The zero-order valence-corrected chi connectivity index (χ0v) is 12.6. The molecule has 0 aromatic rings. The van der Waals surface area contributed by atoms with Crippen molar-refractivity contribution >= 4 is 0 Å². The maximum atomic E-state index is 3.64. The molecular formula is C16H31N3. The summed E-state index contributed by atoms with van der Waals surface area (Å²) in [6.07, 6.45) is 9.95. The van der Waals surface area contributed by atoms with E-state index < -0.39 is 0 Å². The third-order valence-corrected chi connectivity index (χ3v) is 5.52. The molecule has 0 bridgehead atoms. The van der Waals surface area contributed by atoms with Gasteiger partial charge in [-0.2, -0.15) is 0 Å². The number of hydrogen-bond acceptors (Lipinski definition) is 3. The monoisotopic (exact) mass is 265 g/mol. The molecule has 3 rings (SSSR count). The maximum absolute atomic E-state index is 3.64. The van der Waals surface area contributed by atoms with E-state index in [2.05, 4.69) is 22.0 Å². The highest BCUT2D eigenvalue weighted by atomic mass is 15.3. The fraction of sp³-hybridized carbons (Fsp3) is 1.00. The molecule has 110 valence electrons. The fourth-order valence-corrected chi connectivity index (χ4v) is 4.44. The van der Waals surface area contributed by atoms with Gasteiger partial charge in [0.25, 0.3) is 0 Å². The minimum Gasteiger partial charge on any atom is -0.314 e. The first kappa shape index (κ1) is 13.8. The molecule has 0 radical (unpaired) electrons. The molecule has 1 aliphatic carbocycles. The summed E-state index contributed by atoms with van der Waals surface area (Å²) in [6, 6.07) is 2.54. The fourth-order valence-electron chi connectivity index (χ4n) is 4.44.